The van der Waals surface area contributed by atoms with E-state index in [9.17, 15) is 0 Å². The lowest BCUT2D eigenvalue weighted by atomic mass is 10.7. The summed E-state index contributed by atoms with van der Waals surface area (Å²) in [5.74, 6) is 1.27. The van der Waals surface area contributed by atoms with Crippen LogP contribution >= 0.6 is 0 Å². The van der Waals surface area contributed by atoms with Crippen molar-refractivity contribution < 1.29 is 19.2 Å². The molecule has 0 aliphatic heterocycles. The van der Waals surface area contributed by atoms with Gasteiger partial charge in [0.25, 0.3) is 12.0 Å². The van der Waals surface area contributed by atoms with Gasteiger partial charge in [0.05, 0.1) is 14.1 Å². The minimum Gasteiger partial charge on any atom is -0.553 e. The second-order valence-electron chi connectivity index (χ2n) is 2.52. The number of ether oxygens (including phenoxy) is 1. The summed E-state index contributed by atoms with van der Waals surface area (Å²) >= 11 is 0. The number of aryl methyl sites for hydroxylation is 2. The summed E-state index contributed by atoms with van der Waals surface area (Å²) in [6.07, 6.45) is 2.58. The van der Waals surface area contributed by atoms with E-state index in [1.807, 2.05) is 26.5 Å². The molecule has 1 aromatic rings. The molecule has 0 N–H and O–H groups in total. The van der Waals surface area contributed by atoms with Crippen molar-refractivity contribution in [2.45, 2.75) is 6.92 Å². The van der Waals surface area contributed by atoms with Gasteiger partial charge >= 0.3 is 0 Å². The largest absolute Gasteiger partial charge is 0.553 e. The number of methoxy groups -OCH3 is 1. The number of hydrogen-bond acceptors (Lipinski definition) is 3. The Morgan fingerprint density at radius 1 is 1.69 bits per heavy atom. The van der Waals surface area contributed by atoms with Crippen LogP contribution < -0.4 is 9.67 Å². The molecule has 0 aromatic carbocycles. The van der Waals surface area contributed by atoms with E-state index in [1.54, 1.807) is 0 Å². The monoisotopic (exact) mass is 186 g/mol. The first kappa shape index (κ1) is 11.5. The number of carboxylic acid groups (broad SMARTS) is 1. The highest BCUT2D eigenvalue weighted by Crippen LogP contribution is 1.84. The smallest absolute Gasteiger partial charge is 0.252 e. The molecule has 13 heavy (non-hydrogen) atoms. The highest BCUT2D eigenvalue weighted by Gasteiger charge is 2.00. The van der Waals surface area contributed by atoms with Crippen molar-refractivity contribution in [2.24, 2.45) is 14.1 Å². The molecule has 0 saturated carbocycles. The minimum absolute atomic E-state index is 1.04. The highest BCUT2D eigenvalue weighted by molar-refractivity contribution is 5.53. The van der Waals surface area contributed by atoms with Crippen LogP contribution in [0.25, 0.3) is 0 Å². The number of aromatic nitrogens is 2. The van der Waals surface area contributed by atoms with Gasteiger partial charge in [0, 0.05) is 14.0 Å². The average molecular weight is 186 g/mol. The molecule has 0 unspecified atom stereocenters. The van der Waals surface area contributed by atoms with Crippen molar-refractivity contribution in [3.63, 3.8) is 0 Å². The van der Waals surface area contributed by atoms with Crippen molar-refractivity contribution in [3.05, 3.63) is 18.2 Å². The zero-order valence-electron chi connectivity index (χ0n) is 8.27. The molecule has 0 amide bonds. The zero-order valence-corrected chi connectivity index (χ0v) is 8.27. The van der Waals surface area contributed by atoms with Gasteiger partial charge in [-0.15, -0.1) is 0 Å². The molecule has 0 saturated heterocycles. The maximum atomic E-state index is 9.03. The number of carbonyl (C=O) groups is 1. The predicted molar refractivity (Wildman–Crippen MR) is 43.7 cm³/mol. The molecule has 0 atom stereocenters. The molecule has 0 aliphatic rings. The zero-order chi connectivity index (χ0) is 10.4. The quantitative estimate of drug-likeness (QED) is 0.391. The minimum atomic E-state index is -1.50. The van der Waals surface area contributed by atoms with Crippen LogP contribution in [-0.2, 0) is 18.8 Å². The van der Waals surface area contributed by atoms with E-state index in [2.05, 4.69) is 20.8 Å². The van der Waals surface area contributed by atoms with Crippen LogP contribution in [0, 0.1) is 6.92 Å². The number of carbonyl (C=O) groups excluding carboxylic acids is 1. The van der Waals surface area contributed by atoms with Crippen LogP contribution in [0.4, 0.5) is 4.79 Å². The van der Waals surface area contributed by atoms with Crippen molar-refractivity contribution in [3.8, 4) is 0 Å². The van der Waals surface area contributed by atoms with Crippen LogP contribution in [0.15, 0.2) is 12.4 Å². The van der Waals surface area contributed by atoms with Crippen molar-refractivity contribution >= 4 is 6.16 Å². The topological polar surface area (TPSA) is 58.2 Å². The highest BCUT2D eigenvalue weighted by atomic mass is 16.6. The third kappa shape index (κ3) is 4.15. The summed E-state index contributed by atoms with van der Waals surface area (Å²) < 4.78 is 7.72. The van der Waals surface area contributed by atoms with E-state index < -0.39 is 6.16 Å². The molecular formula is C8H14N2O3. The van der Waals surface area contributed by atoms with Gasteiger partial charge in [-0.05, 0) is 0 Å². The van der Waals surface area contributed by atoms with Gasteiger partial charge in [-0.3, -0.25) is 0 Å². The summed E-state index contributed by atoms with van der Waals surface area (Å²) in [5.41, 5.74) is 0. The van der Waals surface area contributed by atoms with Gasteiger partial charge in [-0.2, -0.15) is 0 Å². The van der Waals surface area contributed by atoms with Crippen LogP contribution in [-0.4, -0.2) is 17.8 Å². The fourth-order valence-electron chi connectivity index (χ4n) is 0.665. The first-order chi connectivity index (χ1) is 5.99. The van der Waals surface area contributed by atoms with Gasteiger partial charge in [0.2, 0.25) is 0 Å². The lowest BCUT2D eigenvalue weighted by Crippen LogP contribution is -2.29. The van der Waals surface area contributed by atoms with E-state index >= 15 is 0 Å². The fourth-order valence-corrected chi connectivity index (χ4v) is 0.665. The summed E-state index contributed by atoms with van der Waals surface area (Å²) in [4.78, 5) is 9.03. The Morgan fingerprint density at radius 2 is 2.15 bits per heavy atom. The molecule has 5 heteroatoms. The van der Waals surface area contributed by atoms with E-state index in [-0.39, 0.29) is 0 Å². The Bertz CT molecular complexity index is 261. The second kappa shape index (κ2) is 5.18. The van der Waals surface area contributed by atoms with Gasteiger partial charge < -0.3 is 14.6 Å². The van der Waals surface area contributed by atoms with Crippen molar-refractivity contribution in [2.75, 3.05) is 7.11 Å². The van der Waals surface area contributed by atoms with Crippen LogP contribution in [0.3, 0.4) is 0 Å². The summed E-state index contributed by atoms with van der Waals surface area (Å²) in [6.45, 7) is 2.08. The molecule has 1 heterocycles. The Kier molecular flexibility index (Phi) is 4.58. The first-order valence-corrected chi connectivity index (χ1v) is 3.71. The molecule has 0 fully saturated rings. The first-order valence-electron chi connectivity index (χ1n) is 3.71. The third-order valence-electron chi connectivity index (χ3n) is 1.70. The average Bonchev–Trinajstić information content (AvgIpc) is 2.37. The maximum Gasteiger partial charge on any atom is 0.252 e. The normalized spacial score (nSPS) is 8.62. The molecule has 1 aromatic heterocycles. The SMILES string of the molecule is COC(=O)[O-].Cc1n(C)cc[n+]1C. The van der Waals surface area contributed by atoms with E-state index in [4.69, 9.17) is 9.90 Å². The Morgan fingerprint density at radius 3 is 2.23 bits per heavy atom. The third-order valence-corrected chi connectivity index (χ3v) is 1.70. The molecule has 0 spiro atoms. The van der Waals surface area contributed by atoms with Crippen molar-refractivity contribution in [1.29, 1.82) is 0 Å². The number of nitrogens with zero attached hydrogens (tertiary/aromatic N) is 2. The van der Waals surface area contributed by atoms with Crippen LogP contribution in [0.1, 0.15) is 5.82 Å². The molecule has 74 valence electrons. The number of hydrogen-bond donors (Lipinski definition) is 0. The predicted octanol–water partition coefficient (Wildman–Crippen LogP) is -0.866. The number of rotatable bonds is 0. The van der Waals surface area contributed by atoms with Gasteiger partial charge in [-0.1, -0.05) is 0 Å². The van der Waals surface area contributed by atoms with Crippen molar-refractivity contribution in [1.82, 2.24) is 4.57 Å². The van der Waals surface area contributed by atoms with Gasteiger partial charge in [-0.25, -0.2) is 9.13 Å². The fraction of sp³-hybridized carbons (Fsp3) is 0.500. The van der Waals surface area contributed by atoms with E-state index in [0.717, 1.165) is 7.11 Å². The maximum absolute atomic E-state index is 9.03. The Labute approximate surface area is 77.2 Å². The van der Waals surface area contributed by atoms with Gasteiger partial charge in [0.1, 0.15) is 12.4 Å². The Balaban J connectivity index is 0.000000252. The molecular weight excluding hydrogens is 172 g/mol. The number of imidazole rings is 1. The lowest BCUT2D eigenvalue weighted by Gasteiger charge is -1.92. The molecule has 0 bridgehead atoms. The molecule has 1 rings (SSSR count). The van der Waals surface area contributed by atoms with Gasteiger partial charge in [0.15, 0.2) is 0 Å². The molecule has 5 nitrogen and oxygen atoms in total. The van der Waals surface area contributed by atoms with E-state index in [1.165, 1.54) is 5.82 Å². The lowest BCUT2D eigenvalue weighted by molar-refractivity contribution is -0.677. The van der Waals surface area contributed by atoms with Crippen LogP contribution in [0.5, 0.6) is 0 Å². The summed E-state index contributed by atoms with van der Waals surface area (Å²) in [7, 11) is 5.11. The van der Waals surface area contributed by atoms with Crippen LogP contribution in [0.2, 0.25) is 0 Å². The van der Waals surface area contributed by atoms with E-state index in [0.29, 0.717) is 0 Å². The summed E-state index contributed by atoms with van der Waals surface area (Å²) in [6, 6.07) is 0. The molecule has 0 radical (unpaired) electrons. The standard InChI is InChI=1S/C6H11N2.C2H4O3/c1-6-7(2)4-5-8(6)3;1-5-2(3)4/h4-5H,1-3H3;1H3,(H,3,4)/q+1;/p-1. The second-order valence-corrected chi connectivity index (χ2v) is 2.52. The molecule has 0 aliphatic carbocycles. The Hall–Kier alpha value is -1.52. The summed E-state index contributed by atoms with van der Waals surface area (Å²) in [5, 5.41) is 9.03.